The van der Waals surface area contributed by atoms with Crippen molar-refractivity contribution in [2.24, 2.45) is 0 Å². The number of amides is 1. The van der Waals surface area contributed by atoms with E-state index in [0.29, 0.717) is 6.04 Å². The van der Waals surface area contributed by atoms with Crippen LogP contribution in [0, 0.1) is 0 Å². The fourth-order valence-electron chi connectivity index (χ4n) is 6.44. The van der Waals surface area contributed by atoms with Crippen molar-refractivity contribution in [3.8, 4) is 0 Å². The lowest BCUT2D eigenvalue weighted by molar-refractivity contribution is 0.101. The highest BCUT2D eigenvalue weighted by Gasteiger charge is 2.30. The van der Waals surface area contributed by atoms with Crippen LogP contribution in [0.15, 0.2) is 109 Å². The van der Waals surface area contributed by atoms with Gasteiger partial charge in [-0.15, -0.1) is 12.4 Å². The molecule has 1 atom stereocenters. The van der Waals surface area contributed by atoms with Crippen molar-refractivity contribution >= 4 is 34.9 Å². The summed E-state index contributed by atoms with van der Waals surface area (Å²) < 4.78 is 2.28. The molecular weight excluding hydrogens is 538 g/mol. The Hall–Kier alpha value is -3.86. The van der Waals surface area contributed by atoms with Gasteiger partial charge in [0.1, 0.15) is 5.69 Å². The summed E-state index contributed by atoms with van der Waals surface area (Å²) in [5.41, 5.74) is 7.40. The smallest absolute Gasteiger partial charge is 0.272 e. The highest BCUT2D eigenvalue weighted by atomic mass is 35.5. The van der Waals surface area contributed by atoms with Gasteiger partial charge in [-0.2, -0.15) is 0 Å². The average Bonchev–Trinajstić information content (AvgIpc) is 3.65. The van der Waals surface area contributed by atoms with Gasteiger partial charge >= 0.3 is 0 Å². The second-order valence-corrected chi connectivity index (χ2v) is 11.2. The number of nitrogens with zero attached hydrogens (tertiary/aromatic N) is 1. The summed E-state index contributed by atoms with van der Waals surface area (Å²) >= 11 is 0. The lowest BCUT2D eigenvalue weighted by Gasteiger charge is -2.21. The highest BCUT2D eigenvalue weighted by Crippen LogP contribution is 2.40. The lowest BCUT2D eigenvalue weighted by Crippen LogP contribution is -2.25. The van der Waals surface area contributed by atoms with Crippen LogP contribution in [0.1, 0.15) is 71.3 Å². The molecule has 1 aliphatic heterocycles. The van der Waals surface area contributed by atoms with Gasteiger partial charge in [-0.25, -0.2) is 0 Å². The number of hydrogen-bond donors (Lipinski definition) is 2. The van der Waals surface area contributed by atoms with Gasteiger partial charge in [0.15, 0.2) is 0 Å². The molecule has 0 spiro atoms. The van der Waals surface area contributed by atoms with Gasteiger partial charge < -0.3 is 15.2 Å². The Morgan fingerprint density at radius 3 is 2.14 bits per heavy atom. The fraction of sp³-hybridized carbons (Fsp3) is 0.270. The number of benzene rings is 4. The number of carbonyl (C=O) groups is 1. The molecule has 1 fully saturated rings. The molecule has 42 heavy (non-hydrogen) atoms. The summed E-state index contributed by atoms with van der Waals surface area (Å²) in [6.07, 6.45) is 5.54. The number of nitrogens with one attached hydrogen (secondary N) is 2. The van der Waals surface area contributed by atoms with Crippen LogP contribution in [-0.2, 0) is 13.0 Å². The van der Waals surface area contributed by atoms with Crippen LogP contribution in [-0.4, -0.2) is 23.1 Å². The Labute approximate surface area is 255 Å². The van der Waals surface area contributed by atoms with Crippen molar-refractivity contribution in [2.45, 2.75) is 57.5 Å². The summed E-state index contributed by atoms with van der Waals surface area (Å²) in [5, 5.41) is 8.06. The molecule has 0 radical (unpaired) electrons. The Balaban J connectivity index is 0.00000353. The predicted octanol–water partition coefficient (Wildman–Crippen LogP) is 8.59. The van der Waals surface area contributed by atoms with E-state index in [1.54, 1.807) is 0 Å². The molecule has 1 aliphatic rings. The van der Waals surface area contributed by atoms with Crippen molar-refractivity contribution in [1.82, 2.24) is 9.88 Å². The Kier molecular flexibility index (Phi) is 9.78. The number of para-hydroxylation sites is 1. The van der Waals surface area contributed by atoms with E-state index in [9.17, 15) is 4.79 Å². The molecule has 216 valence electrons. The Morgan fingerprint density at radius 1 is 0.881 bits per heavy atom. The molecule has 5 heteroatoms. The third kappa shape index (κ3) is 6.30. The number of anilines is 1. The van der Waals surface area contributed by atoms with Crippen LogP contribution in [0.5, 0.6) is 0 Å². The number of hydrogen-bond acceptors (Lipinski definition) is 2. The molecule has 0 bridgehead atoms. The topological polar surface area (TPSA) is 46.1 Å². The minimum Gasteiger partial charge on any atom is -0.336 e. The zero-order valence-electron chi connectivity index (χ0n) is 24.3. The standard InChI is InChI=1S/C37H39N3O.ClH/c1-2-12-27-20-22-31(23-21-27)39-37(41)36-35(34(28-13-5-3-6-14-28)29-15-7-4-8-16-29)32-18-9-10-19-33(32)40(36)26-24-30-17-11-25-38-30;/h3-10,13-16,18-23,30,34,38H,2,11-12,17,24-26H2,1H3,(H,39,41);1H. The molecule has 5 aromatic rings. The molecule has 6 rings (SSSR count). The molecule has 4 aromatic carbocycles. The lowest BCUT2D eigenvalue weighted by atomic mass is 9.83. The van der Waals surface area contributed by atoms with E-state index in [0.717, 1.165) is 60.2 Å². The molecule has 0 aliphatic carbocycles. The number of halogens is 1. The first kappa shape index (κ1) is 29.6. The minimum absolute atomic E-state index is 0. The van der Waals surface area contributed by atoms with Crippen molar-refractivity contribution in [3.05, 3.63) is 137 Å². The molecule has 0 saturated carbocycles. The summed E-state index contributed by atoms with van der Waals surface area (Å²) in [6.45, 7) is 4.05. The van der Waals surface area contributed by atoms with Gasteiger partial charge in [0, 0.05) is 40.7 Å². The van der Waals surface area contributed by atoms with E-state index in [-0.39, 0.29) is 24.2 Å². The van der Waals surface area contributed by atoms with Crippen LogP contribution in [0.2, 0.25) is 0 Å². The fourth-order valence-corrected chi connectivity index (χ4v) is 6.44. The quantitative estimate of drug-likeness (QED) is 0.174. The third-order valence-corrected chi connectivity index (χ3v) is 8.39. The molecule has 1 unspecified atom stereocenters. The maximum Gasteiger partial charge on any atom is 0.272 e. The van der Waals surface area contributed by atoms with Crippen LogP contribution in [0.25, 0.3) is 10.9 Å². The first-order valence-electron chi connectivity index (χ1n) is 15.1. The van der Waals surface area contributed by atoms with E-state index in [1.165, 1.54) is 29.5 Å². The van der Waals surface area contributed by atoms with Crippen molar-refractivity contribution < 1.29 is 4.79 Å². The Bertz CT molecular complexity index is 1550. The van der Waals surface area contributed by atoms with Crippen LogP contribution in [0.4, 0.5) is 5.69 Å². The summed E-state index contributed by atoms with van der Waals surface area (Å²) in [5.74, 6) is -0.142. The van der Waals surface area contributed by atoms with Crippen LogP contribution in [0.3, 0.4) is 0 Å². The van der Waals surface area contributed by atoms with Crippen molar-refractivity contribution in [3.63, 3.8) is 0 Å². The zero-order valence-corrected chi connectivity index (χ0v) is 25.1. The molecule has 4 nitrogen and oxygen atoms in total. The molecule has 1 saturated heterocycles. The number of rotatable bonds is 10. The SMILES string of the molecule is CCCc1ccc(NC(=O)c2c(C(c3ccccc3)c3ccccc3)c3ccccc3n2CCC2CCCN2)cc1.Cl. The Morgan fingerprint density at radius 2 is 1.52 bits per heavy atom. The van der Waals surface area contributed by atoms with Gasteiger partial charge in [0.05, 0.1) is 0 Å². The van der Waals surface area contributed by atoms with E-state index < -0.39 is 0 Å². The molecular formula is C37H40ClN3O. The zero-order chi connectivity index (χ0) is 28.0. The molecule has 1 amide bonds. The first-order chi connectivity index (χ1) is 20.2. The number of carbonyl (C=O) groups excluding carboxylic acids is 1. The van der Waals surface area contributed by atoms with Crippen LogP contribution >= 0.6 is 12.4 Å². The second kappa shape index (κ2) is 13.9. The van der Waals surface area contributed by atoms with Gasteiger partial charge in [-0.1, -0.05) is 104 Å². The van der Waals surface area contributed by atoms with Crippen molar-refractivity contribution in [2.75, 3.05) is 11.9 Å². The minimum atomic E-state index is -0.0826. The normalized spacial score (nSPS) is 14.7. The van der Waals surface area contributed by atoms with E-state index in [1.807, 2.05) is 12.1 Å². The predicted molar refractivity (Wildman–Crippen MR) is 177 cm³/mol. The van der Waals surface area contributed by atoms with E-state index >= 15 is 0 Å². The largest absolute Gasteiger partial charge is 0.336 e. The number of aryl methyl sites for hydroxylation is 2. The second-order valence-electron chi connectivity index (χ2n) is 11.2. The summed E-state index contributed by atoms with van der Waals surface area (Å²) in [7, 11) is 0. The van der Waals surface area contributed by atoms with Gasteiger partial charge in [-0.05, 0) is 67.1 Å². The highest BCUT2D eigenvalue weighted by molar-refractivity contribution is 6.09. The molecule has 2 N–H and O–H groups in total. The summed E-state index contributed by atoms with van der Waals surface area (Å²) in [4.78, 5) is 14.5. The molecule has 2 heterocycles. The first-order valence-corrected chi connectivity index (χ1v) is 15.1. The van der Waals surface area contributed by atoms with Gasteiger partial charge in [0.2, 0.25) is 0 Å². The maximum absolute atomic E-state index is 14.5. The van der Waals surface area contributed by atoms with Crippen molar-refractivity contribution in [1.29, 1.82) is 0 Å². The molecule has 1 aromatic heterocycles. The van der Waals surface area contributed by atoms with E-state index in [2.05, 4.69) is 119 Å². The maximum atomic E-state index is 14.5. The summed E-state index contributed by atoms with van der Waals surface area (Å²) in [6, 6.07) is 38.5. The van der Waals surface area contributed by atoms with Gasteiger partial charge in [0.25, 0.3) is 5.91 Å². The third-order valence-electron chi connectivity index (χ3n) is 8.39. The monoisotopic (exact) mass is 577 g/mol. The number of fused-ring (bicyclic) bond motifs is 1. The van der Waals surface area contributed by atoms with Gasteiger partial charge in [-0.3, -0.25) is 4.79 Å². The van der Waals surface area contributed by atoms with E-state index in [4.69, 9.17) is 0 Å². The number of aromatic nitrogens is 1. The van der Waals surface area contributed by atoms with Crippen LogP contribution < -0.4 is 10.6 Å². The average molecular weight is 578 g/mol.